The molecule has 0 radical (unpaired) electrons. The van der Waals surface area contributed by atoms with Crippen molar-refractivity contribution in [1.29, 1.82) is 0 Å². The van der Waals surface area contributed by atoms with Gasteiger partial charge in [-0.3, -0.25) is 4.79 Å². The molecule has 1 aliphatic heterocycles. The highest BCUT2D eigenvalue weighted by Crippen LogP contribution is 2.44. The Kier molecular flexibility index (Phi) is 4.17. The Hall–Kier alpha value is -2.80. The normalized spacial score (nSPS) is 21.0. The van der Waals surface area contributed by atoms with Gasteiger partial charge in [0.15, 0.2) is 17.1 Å². The highest BCUT2D eigenvalue weighted by molar-refractivity contribution is 6.31. The highest BCUT2D eigenvalue weighted by atomic mass is 35.5. The van der Waals surface area contributed by atoms with E-state index in [2.05, 4.69) is 9.97 Å². The lowest BCUT2D eigenvalue weighted by molar-refractivity contribution is 0.0604. The molecule has 1 saturated heterocycles. The molecule has 1 fully saturated rings. The molecule has 3 heterocycles. The number of benzene rings is 1. The number of amides is 1. The number of nitrogens with two attached hydrogens (primary N) is 1. The number of methoxy groups -OCH3 is 1. The fourth-order valence-electron chi connectivity index (χ4n) is 4.76. The van der Waals surface area contributed by atoms with Crippen LogP contribution in [0.15, 0.2) is 28.8 Å². The third kappa shape index (κ3) is 2.92. The van der Waals surface area contributed by atoms with Crippen LogP contribution in [0.2, 0.25) is 5.02 Å². The number of piperidine rings is 1. The molecule has 1 atom stereocenters. The van der Waals surface area contributed by atoms with Gasteiger partial charge in [-0.1, -0.05) is 11.6 Å². The molecule has 1 unspecified atom stereocenters. The molecule has 1 amide bonds. The van der Waals surface area contributed by atoms with E-state index in [4.69, 9.17) is 26.5 Å². The molecule has 0 saturated carbocycles. The van der Waals surface area contributed by atoms with Gasteiger partial charge in [-0.25, -0.2) is 9.97 Å². The summed E-state index contributed by atoms with van der Waals surface area (Å²) in [5.74, 6) is 0.959. The van der Waals surface area contributed by atoms with Gasteiger partial charge < -0.3 is 19.8 Å². The van der Waals surface area contributed by atoms with Gasteiger partial charge in [0, 0.05) is 41.2 Å². The molecule has 3 aromatic rings. The van der Waals surface area contributed by atoms with E-state index >= 15 is 0 Å². The van der Waals surface area contributed by atoms with Crippen LogP contribution in [0.3, 0.4) is 0 Å². The summed E-state index contributed by atoms with van der Waals surface area (Å²) in [4.78, 5) is 23.8. The van der Waals surface area contributed by atoms with Crippen molar-refractivity contribution in [3.05, 3.63) is 46.4 Å². The Morgan fingerprint density at radius 2 is 2.21 bits per heavy atom. The number of nitrogens with zero attached hydrogens (tertiary/aromatic N) is 3. The molecule has 2 N–H and O–H groups in total. The number of carbonyl (C=O) groups is 1. The monoisotopic (exact) mass is 412 g/mol. The second-order valence-electron chi connectivity index (χ2n) is 7.85. The van der Waals surface area contributed by atoms with Crippen LogP contribution < -0.4 is 10.5 Å². The van der Waals surface area contributed by atoms with Crippen LogP contribution in [0, 0.1) is 0 Å². The van der Waals surface area contributed by atoms with Crippen molar-refractivity contribution in [3.8, 4) is 5.75 Å². The van der Waals surface area contributed by atoms with E-state index in [9.17, 15) is 4.79 Å². The van der Waals surface area contributed by atoms with E-state index in [0.29, 0.717) is 29.4 Å². The molecule has 0 bridgehead atoms. The first-order valence-corrected chi connectivity index (χ1v) is 10.1. The Bertz CT molecular complexity index is 1120. The zero-order chi connectivity index (χ0) is 20.2. The third-order valence-corrected chi connectivity index (χ3v) is 6.32. The lowest BCUT2D eigenvalue weighted by Crippen LogP contribution is -2.47. The predicted octanol–water partition coefficient (Wildman–Crippen LogP) is 3.59. The average Bonchev–Trinajstić information content (AvgIpc) is 3.29. The van der Waals surface area contributed by atoms with Crippen LogP contribution in [-0.2, 0) is 11.8 Å². The second kappa shape index (κ2) is 6.62. The molecule has 8 heteroatoms. The van der Waals surface area contributed by atoms with E-state index in [1.165, 1.54) is 0 Å². The molecular formula is C21H21ClN4O3. The number of likely N-dealkylation sites (tertiary alicyclic amines) is 1. The maximum atomic E-state index is 13.3. The summed E-state index contributed by atoms with van der Waals surface area (Å²) in [5.41, 5.74) is 8.35. The van der Waals surface area contributed by atoms with Gasteiger partial charge in [0.1, 0.15) is 0 Å². The maximum Gasteiger partial charge on any atom is 0.289 e. The van der Waals surface area contributed by atoms with Crippen molar-refractivity contribution in [2.75, 3.05) is 25.9 Å². The number of halogens is 1. The largest absolute Gasteiger partial charge is 0.493 e. The van der Waals surface area contributed by atoms with Gasteiger partial charge in [-0.15, -0.1) is 0 Å². The zero-order valence-electron chi connectivity index (χ0n) is 16.1. The Morgan fingerprint density at radius 3 is 3.03 bits per heavy atom. The first-order valence-electron chi connectivity index (χ1n) is 9.67. The van der Waals surface area contributed by atoms with Crippen LogP contribution in [0.1, 0.15) is 41.1 Å². The molecule has 7 nitrogen and oxygen atoms in total. The number of rotatable bonds is 2. The molecule has 1 spiro atoms. The summed E-state index contributed by atoms with van der Waals surface area (Å²) in [6.07, 6.45) is 5.59. The number of nitrogen functional groups attached to an aromatic ring is 1. The molecule has 1 aliphatic carbocycles. The molecule has 1 aromatic carbocycles. The van der Waals surface area contributed by atoms with E-state index in [1.54, 1.807) is 25.3 Å². The summed E-state index contributed by atoms with van der Waals surface area (Å²) in [7, 11) is 1.55. The molecule has 5 rings (SSSR count). The van der Waals surface area contributed by atoms with E-state index in [0.717, 1.165) is 42.3 Å². The van der Waals surface area contributed by atoms with Crippen molar-refractivity contribution in [2.24, 2.45) is 0 Å². The Labute approximate surface area is 172 Å². The average molecular weight is 413 g/mol. The summed E-state index contributed by atoms with van der Waals surface area (Å²) >= 11 is 6.14. The predicted molar refractivity (Wildman–Crippen MR) is 109 cm³/mol. The zero-order valence-corrected chi connectivity index (χ0v) is 16.8. The van der Waals surface area contributed by atoms with Crippen molar-refractivity contribution < 1.29 is 13.9 Å². The first-order chi connectivity index (χ1) is 14.0. The second-order valence-corrected chi connectivity index (χ2v) is 8.29. The third-order valence-electron chi connectivity index (χ3n) is 6.10. The van der Waals surface area contributed by atoms with Crippen LogP contribution in [-0.4, -0.2) is 41.0 Å². The van der Waals surface area contributed by atoms with Crippen molar-refractivity contribution in [1.82, 2.24) is 14.9 Å². The summed E-state index contributed by atoms with van der Waals surface area (Å²) in [6.45, 7) is 1.29. The molecule has 2 aromatic heterocycles. The van der Waals surface area contributed by atoms with Crippen LogP contribution in [0.5, 0.6) is 5.75 Å². The number of hydrogen-bond acceptors (Lipinski definition) is 6. The number of ether oxygens (including phenoxy) is 1. The molecular weight excluding hydrogens is 392 g/mol. The summed E-state index contributed by atoms with van der Waals surface area (Å²) in [5, 5.41) is 1.28. The van der Waals surface area contributed by atoms with Gasteiger partial charge in [-0.2, -0.15) is 0 Å². The van der Waals surface area contributed by atoms with E-state index in [1.807, 2.05) is 11.1 Å². The van der Waals surface area contributed by atoms with Crippen molar-refractivity contribution in [3.63, 3.8) is 0 Å². The smallest absolute Gasteiger partial charge is 0.289 e. The number of aryl methyl sites for hydroxylation is 1. The standard InChI is InChI=1S/C21H21ClN4O3/c1-28-15-9-14(22)7-13-8-16(29-17(13)15)19(27)26-6-2-4-21(11-26)5-3-12-10-24-20(23)25-18(12)21/h7-10H,2-6,11H2,1H3,(H2,23,24,25). The SMILES string of the molecule is COc1cc(Cl)cc2cc(C(=O)N3CCCC4(CCc5cnc(N)nc54)C3)oc12. The van der Waals surface area contributed by atoms with Crippen LogP contribution in [0.25, 0.3) is 11.0 Å². The number of aromatic nitrogens is 2. The molecule has 150 valence electrons. The van der Waals surface area contributed by atoms with E-state index < -0.39 is 0 Å². The minimum absolute atomic E-state index is 0.131. The van der Waals surface area contributed by atoms with Crippen LogP contribution in [0.4, 0.5) is 5.95 Å². The number of carbonyl (C=O) groups excluding carboxylic acids is 1. The number of fused-ring (bicyclic) bond motifs is 3. The first kappa shape index (κ1) is 18.2. The van der Waals surface area contributed by atoms with Gasteiger partial charge >= 0.3 is 0 Å². The van der Waals surface area contributed by atoms with Gasteiger partial charge in [0.2, 0.25) is 5.95 Å². The fraction of sp³-hybridized carbons (Fsp3) is 0.381. The number of hydrogen-bond donors (Lipinski definition) is 1. The number of anilines is 1. The van der Waals surface area contributed by atoms with Crippen molar-refractivity contribution in [2.45, 2.75) is 31.1 Å². The lowest BCUT2D eigenvalue weighted by atomic mass is 9.77. The van der Waals surface area contributed by atoms with Gasteiger partial charge in [0.05, 0.1) is 12.8 Å². The number of furan rings is 1. The molecule has 29 heavy (non-hydrogen) atoms. The Balaban J connectivity index is 1.47. The maximum absolute atomic E-state index is 13.3. The van der Waals surface area contributed by atoms with Crippen molar-refractivity contribution >= 4 is 34.4 Å². The summed E-state index contributed by atoms with van der Waals surface area (Å²) < 4.78 is 11.2. The lowest BCUT2D eigenvalue weighted by Gasteiger charge is -2.40. The van der Waals surface area contributed by atoms with E-state index in [-0.39, 0.29) is 23.0 Å². The highest BCUT2D eigenvalue weighted by Gasteiger charge is 2.45. The Morgan fingerprint density at radius 1 is 1.34 bits per heavy atom. The minimum Gasteiger partial charge on any atom is -0.493 e. The summed E-state index contributed by atoms with van der Waals surface area (Å²) in [6, 6.07) is 5.18. The quantitative estimate of drug-likeness (QED) is 0.691. The minimum atomic E-state index is -0.159. The van der Waals surface area contributed by atoms with Gasteiger partial charge in [-0.05, 0) is 43.4 Å². The molecule has 2 aliphatic rings. The topological polar surface area (TPSA) is 94.5 Å². The van der Waals surface area contributed by atoms with Gasteiger partial charge in [0.25, 0.3) is 5.91 Å². The van der Waals surface area contributed by atoms with Crippen LogP contribution >= 0.6 is 11.6 Å². The fourth-order valence-corrected chi connectivity index (χ4v) is 4.97.